The van der Waals surface area contributed by atoms with E-state index in [9.17, 15) is 4.79 Å². The summed E-state index contributed by atoms with van der Waals surface area (Å²) in [5.41, 5.74) is 3.70. The summed E-state index contributed by atoms with van der Waals surface area (Å²) in [6.45, 7) is 6.07. The fraction of sp³-hybridized carbons (Fsp3) is 0.458. The van der Waals surface area contributed by atoms with Crippen molar-refractivity contribution in [1.29, 1.82) is 0 Å². The second kappa shape index (κ2) is 12.6. The lowest BCUT2D eigenvalue weighted by Crippen LogP contribution is -2.44. The summed E-state index contributed by atoms with van der Waals surface area (Å²) in [5, 5.41) is 6.38. The van der Waals surface area contributed by atoms with Crippen molar-refractivity contribution < 1.29 is 4.79 Å². The molecule has 6 heteroatoms. The topological polar surface area (TPSA) is 69.6 Å². The molecule has 1 amide bonds. The molecule has 0 bridgehead atoms. The van der Waals surface area contributed by atoms with Crippen LogP contribution >= 0.6 is 0 Å². The zero-order chi connectivity index (χ0) is 21.8. The lowest BCUT2D eigenvalue weighted by Gasteiger charge is -2.18. The van der Waals surface area contributed by atoms with E-state index in [1.165, 1.54) is 11.1 Å². The lowest BCUT2D eigenvalue weighted by molar-refractivity contribution is -0.128. The minimum atomic E-state index is 0.0270. The van der Waals surface area contributed by atoms with Gasteiger partial charge in [0.15, 0.2) is 5.96 Å². The normalized spacial score (nSPS) is 11.4. The lowest BCUT2D eigenvalue weighted by atomic mass is 10.0. The summed E-state index contributed by atoms with van der Waals surface area (Å²) in [5.74, 6) is 1.24. The average Bonchev–Trinajstić information content (AvgIpc) is 2.77. The number of aryl methyl sites for hydroxylation is 1. The van der Waals surface area contributed by atoms with Crippen LogP contribution in [0.4, 0.5) is 0 Å². The molecule has 2 N–H and O–H groups in total. The number of aromatic nitrogens is 1. The summed E-state index contributed by atoms with van der Waals surface area (Å²) < 4.78 is 0. The van der Waals surface area contributed by atoms with E-state index in [0.29, 0.717) is 18.4 Å². The summed E-state index contributed by atoms with van der Waals surface area (Å²) >= 11 is 0. The second-order valence-corrected chi connectivity index (χ2v) is 7.74. The van der Waals surface area contributed by atoms with Gasteiger partial charge in [0, 0.05) is 45.5 Å². The van der Waals surface area contributed by atoms with E-state index in [-0.39, 0.29) is 12.5 Å². The van der Waals surface area contributed by atoms with Crippen molar-refractivity contribution in [3.8, 4) is 0 Å². The minimum Gasteiger partial charge on any atom is -0.356 e. The van der Waals surface area contributed by atoms with Gasteiger partial charge in [-0.15, -0.1) is 0 Å². The number of amides is 1. The molecule has 0 radical (unpaired) electrons. The number of nitrogens with zero attached hydrogens (tertiary/aromatic N) is 3. The van der Waals surface area contributed by atoms with Gasteiger partial charge in [0.2, 0.25) is 5.91 Å². The molecule has 0 unspecified atom stereocenters. The summed E-state index contributed by atoms with van der Waals surface area (Å²) in [7, 11) is 3.53. The molecule has 0 aliphatic heterocycles. The number of benzene rings is 1. The number of nitrogens with one attached hydrogen (secondary N) is 2. The molecule has 30 heavy (non-hydrogen) atoms. The molecule has 162 valence electrons. The highest BCUT2D eigenvalue weighted by molar-refractivity contribution is 5.86. The monoisotopic (exact) mass is 409 g/mol. The van der Waals surface area contributed by atoms with Crippen LogP contribution in [0.3, 0.4) is 0 Å². The van der Waals surface area contributed by atoms with Gasteiger partial charge in [-0.05, 0) is 42.0 Å². The fourth-order valence-electron chi connectivity index (χ4n) is 3.04. The second-order valence-electron chi connectivity index (χ2n) is 7.74. The molecule has 0 saturated carbocycles. The maximum Gasteiger partial charge on any atom is 0.241 e. The highest BCUT2D eigenvalue weighted by Gasteiger charge is 2.10. The standard InChI is InChI=1S/C24H35N5O/c1-19(2)21-12-10-20(11-13-21)8-7-16-27-24(25-3)28-18-23(30)29(4)17-14-22-9-5-6-15-26-22/h5-6,9-13,15,19H,7-8,14,16-18H2,1-4H3,(H2,25,27,28). The molecule has 1 aromatic carbocycles. The van der Waals surface area contributed by atoms with Gasteiger partial charge < -0.3 is 15.5 Å². The van der Waals surface area contributed by atoms with Crippen LogP contribution in [0, 0.1) is 0 Å². The predicted molar refractivity (Wildman–Crippen MR) is 124 cm³/mol. The molecule has 0 spiro atoms. The Morgan fingerprint density at radius 2 is 1.87 bits per heavy atom. The third-order valence-corrected chi connectivity index (χ3v) is 5.07. The van der Waals surface area contributed by atoms with Crippen molar-refractivity contribution in [1.82, 2.24) is 20.5 Å². The van der Waals surface area contributed by atoms with E-state index in [4.69, 9.17) is 0 Å². The Labute approximate surface area is 180 Å². The van der Waals surface area contributed by atoms with Crippen LogP contribution in [0.1, 0.15) is 43.0 Å². The molecule has 0 atom stereocenters. The first-order chi connectivity index (χ1) is 14.5. The number of aliphatic imine (C=N–C) groups is 1. The van der Waals surface area contributed by atoms with E-state index < -0.39 is 0 Å². The van der Waals surface area contributed by atoms with Crippen molar-refractivity contribution in [3.05, 3.63) is 65.5 Å². The maximum absolute atomic E-state index is 12.3. The Hall–Kier alpha value is -2.89. The number of hydrogen-bond acceptors (Lipinski definition) is 3. The maximum atomic E-state index is 12.3. The highest BCUT2D eigenvalue weighted by atomic mass is 16.2. The molecule has 0 aliphatic rings. The first kappa shape index (κ1) is 23.4. The Kier molecular flexibility index (Phi) is 9.84. The Bertz CT molecular complexity index is 787. The number of guanidine groups is 1. The van der Waals surface area contributed by atoms with Crippen molar-refractivity contribution in [2.45, 2.75) is 39.0 Å². The number of pyridine rings is 1. The molecule has 0 aliphatic carbocycles. The summed E-state index contributed by atoms with van der Waals surface area (Å²) in [4.78, 5) is 22.5. The summed E-state index contributed by atoms with van der Waals surface area (Å²) in [6.07, 6.45) is 4.53. The van der Waals surface area contributed by atoms with E-state index in [0.717, 1.165) is 31.5 Å². The molecule has 1 aromatic heterocycles. The van der Waals surface area contributed by atoms with Crippen molar-refractivity contribution >= 4 is 11.9 Å². The molecule has 0 fully saturated rings. The van der Waals surface area contributed by atoms with Gasteiger partial charge in [-0.25, -0.2) is 0 Å². The molecule has 1 heterocycles. The molecule has 2 aromatic rings. The Morgan fingerprint density at radius 3 is 2.50 bits per heavy atom. The first-order valence-corrected chi connectivity index (χ1v) is 10.7. The van der Waals surface area contributed by atoms with E-state index in [1.807, 2.05) is 25.2 Å². The zero-order valence-electron chi connectivity index (χ0n) is 18.7. The number of likely N-dealkylation sites (N-methyl/N-ethyl adjacent to an activating group) is 1. The Balaban J connectivity index is 1.64. The number of rotatable bonds is 10. The smallest absolute Gasteiger partial charge is 0.241 e. The van der Waals surface area contributed by atoms with Gasteiger partial charge in [0.05, 0.1) is 6.54 Å². The molecule has 2 rings (SSSR count). The number of carbonyl (C=O) groups is 1. The van der Waals surface area contributed by atoms with Gasteiger partial charge in [0.25, 0.3) is 0 Å². The number of carbonyl (C=O) groups excluding carboxylic acids is 1. The van der Waals surface area contributed by atoms with Crippen molar-refractivity contribution in [2.24, 2.45) is 4.99 Å². The molecular formula is C24H35N5O. The largest absolute Gasteiger partial charge is 0.356 e. The van der Waals surface area contributed by atoms with E-state index in [2.05, 4.69) is 58.7 Å². The van der Waals surface area contributed by atoms with Gasteiger partial charge in [-0.1, -0.05) is 44.2 Å². The van der Waals surface area contributed by atoms with Crippen LogP contribution in [-0.2, 0) is 17.6 Å². The molecular weight excluding hydrogens is 374 g/mol. The van der Waals surface area contributed by atoms with Crippen LogP contribution in [0.25, 0.3) is 0 Å². The van der Waals surface area contributed by atoms with Gasteiger partial charge in [0.1, 0.15) is 0 Å². The van der Waals surface area contributed by atoms with E-state index in [1.54, 1.807) is 18.1 Å². The third kappa shape index (κ3) is 8.23. The number of hydrogen-bond donors (Lipinski definition) is 2. The van der Waals surface area contributed by atoms with Crippen molar-refractivity contribution in [3.63, 3.8) is 0 Å². The van der Waals surface area contributed by atoms with Crippen LogP contribution in [0.2, 0.25) is 0 Å². The quantitative estimate of drug-likeness (QED) is 0.360. The van der Waals surface area contributed by atoms with Gasteiger partial charge >= 0.3 is 0 Å². The van der Waals surface area contributed by atoms with Crippen LogP contribution in [-0.4, -0.2) is 55.5 Å². The van der Waals surface area contributed by atoms with E-state index >= 15 is 0 Å². The van der Waals surface area contributed by atoms with Gasteiger partial charge in [-0.3, -0.25) is 14.8 Å². The first-order valence-electron chi connectivity index (χ1n) is 10.7. The average molecular weight is 410 g/mol. The molecule has 0 saturated heterocycles. The Morgan fingerprint density at radius 1 is 1.10 bits per heavy atom. The van der Waals surface area contributed by atoms with Crippen molar-refractivity contribution in [2.75, 3.05) is 33.7 Å². The van der Waals surface area contributed by atoms with Gasteiger partial charge in [-0.2, -0.15) is 0 Å². The van der Waals surface area contributed by atoms with Crippen LogP contribution in [0.15, 0.2) is 53.7 Å². The zero-order valence-corrected chi connectivity index (χ0v) is 18.7. The predicted octanol–water partition coefficient (Wildman–Crippen LogP) is 3.00. The fourth-order valence-corrected chi connectivity index (χ4v) is 3.04. The summed E-state index contributed by atoms with van der Waals surface area (Å²) in [6, 6.07) is 14.7. The molecule has 6 nitrogen and oxygen atoms in total. The SMILES string of the molecule is CN=C(NCCCc1ccc(C(C)C)cc1)NCC(=O)N(C)CCc1ccccn1. The highest BCUT2D eigenvalue weighted by Crippen LogP contribution is 2.15. The minimum absolute atomic E-state index is 0.0270. The van der Waals surface area contributed by atoms with Crippen LogP contribution < -0.4 is 10.6 Å². The van der Waals surface area contributed by atoms with Crippen LogP contribution in [0.5, 0.6) is 0 Å². The third-order valence-electron chi connectivity index (χ3n) is 5.07.